The van der Waals surface area contributed by atoms with E-state index in [1.54, 1.807) is 6.92 Å². The van der Waals surface area contributed by atoms with Gasteiger partial charge in [-0.1, -0.05) is 34.8 Å². The lowest BCUT2D eigenvalue weighted by Gasteiger charge is -2.11. The third kappa shape index (κ3) is 3.37. The van der Waals surface area contributed by atoms with Gasteiger partial charge in [-0.3, -0.25) is 4.79 Å². The largest absolute Gasteiger partial charge is 0.461 e. The lowest BCUT2D eigenvalue weighted by atomic mass is 10.3. The lowest BCUT2D eigenvalue weighted by Crippen LogP contribution is -2.22. The van der Waals surface area contributed by atoms with Crippen LogP contribution < -0.4 is 5.43 Å². The molecule has 1 heterocycles. The van der Waals surface area contributed by atoms with Gasteiger partial charge in [0.1, 0.15) is 5.69 Å². The first-order chi connectivity index (χ1) is 9.93. The molecule has 2 aromatic rings. The first kappa shape index (κ1) is 15.8. The van der Waals surface area contributed by atoms with E-state index in [-0.39, 0.29) is 22.3 Å². The molecule has 0 spiro atoms. The summed E-state index contributed by atoms with van der Waals surface area (Å²) in [5, 5.41) is 4.76. The van der Waals surface area contributed by atoms with Crippen LogP contribution in [0.2, 0.25) is 15.1 Å². The number of rotatable bonds is 3. The molecule has 0 unspecified atom stereocenters. The van der Waals surface area contributed by atoms with Crippen LogP contribution in [0.25, 0.3) is 5.69 Å². The molecule has 0 amide bonds. The molecule has 0 saturated heterocycles. The Balaban J connectivity index is 2.59. The summed E-state index contributed by atoms with van der Waals surface area (Å²) >= 11 is 18.0. The van der Waals surface area contributed by atoms with Crippen LogP contribution in [0.3, 0.4) is 0 Å². The zero-order valence-corrected chi connectivity index (χ0v) is 13.0. The molecule has 8 heteroatoms. The second-order valence-corrected chi connectivity index (χ2v) is 5.16. The SMILES string of the molecule is CCOC(=O)c1nn(-c2c(Cl)cc(Cl)cc2Cl)ccc1=O. The first-order valence-corrected chi connectivity index (χ1v) is 6.99. The molecule has 0 aliphatic carbocycles. The molecule has 0 radical (unpaired) electrons. The van der Waals surface area contributed by atoms with Crippen molar-refractivity contribution >= 4 is 40.8 Å². The number of nitrogens with zero attached hydrogens (tertiary/aromatic N) is 2. The average molecular weight is 348 g/mol. The molecule has 0 N–H and O–H groups in total. The van der Waals surface area contributed by atoms with Crippen LogP contribution in [0.1, 0.15) is 17.4 Å². The number of benzene rings is 1. The predicted octanol–water partition coefficient (Wildman–Crippen LogP) is 3.37. The summed E-state index contributed by atoms with van der Waals surface area (Å²) in [6.45, 7) is 1.77. The van der Waals surface area contributed by atoms with Gasteiger partial charge in [0.25, 0.3) is 0 Å². The van der Waals surface area contributed by atoms with Crippen molar-refractivity contribution in [1.82, 2.24) is 9.78 Å². The van der Waals surface area contributed by atoms with Crippen molar-refractivity contribution in [2.24, 2.45) is 0 Å². The van der Waals surface area contributed by atoms with E-state index in [1.807, 2.05) is 0 Å². The Kier molecular flexibility index (Phi) is 4.88. The van der Waals surface area contributed by atoms with Gasteiger partial charge in [0, 0.05) is 17.3 Å². The summed E-state index contributed by atoms with van der Waals surface area (Å²) in [5.41, 5.74) is -0.583. The van der Waals surface area contributed by atoms with Gasteiger partial charge in [-0.25, -0.2) is 9.48 Å². The van der Waals surface area contributed by atoms with Crippen molar-refractivity contribution < 1.29 is 9.53 Å². The highest BCUT2D eigenvalue weighted by molar-refractivity contribution is 6.40. The van der Waals surface area contributed by atoms with E-state index in [9.17, 15) is 9.59 Å². The van der Waals surface area contributed by atoms with E-state index < -0.39 is 11.4 Å². The van der Waals surface area contributed by atoms with Crippen LogP contribution in [0.5, 0.6) is 0 Å². The van der Waals surface area contributed by atoms with E-state index in [4.69, 9.17) is 39.5 Å². The maximum absolute atomic E-state index is 11.7. The average Bonchev–Trinajstić information content (AvgIpc) is 2.39. The topological polar surface area (TPSA) is 61.2 Å². The number of carbonyl (C=O) groups excluding carboxylic acids is 1. The van der Waals surface area contributed by atoms with Crippen molar-refractivity contribution in [3.8, 4) is 5.69 Å². The molecule has 1 aromatic carbocycles. The Morgan fingerprint density at radius 3 is 2.48 bits per heavy atom. The summed E-state index contributed by atoms with van der Waals surface area (Å²) in [7, 11) is 0. The monoisotopic (exact) mass is 346 g/mol. The zero-order valence-electron chi connectivity index (χ0n) is 10.8. The van der Waals surface area contributed by atoms with Gasteiger partial charge in [-0.15, -0.1) is 0 Å². The minimum Gasteiger partial charge on any atom is -0.461 e. The molecule has 2 rings (SSSR count). The molecular formula is C13H9Cl3N2O3. The molecule has 0 bridgehead atoms. The number of hydrogen-bond donors (Lipinski definition) is 0. The molecule has 0 saturated carbocycles. The van der Waals surface area contributed by atoms with Crippen molar-refractivity contribution in [3.63, 3.8) is 0 Å². The Morgan fingerprint density at radius 1 is 1.29 bits per heavy atom. The van der Waals surface area contributed by atoms with Gasteiger partial charge in [-0.2, -0.15) is 5.10 Å². The number of halogens is 3. The lowest BCUT2D eigenvalue weighted by molar-refractivity contribution is 0.0515. The maximum atomic E-state index is 11.7. The van der Waals surface area contributed by atoms with Gasteiger partial charge in [-0.05, 0) is 19.1 Å². The summed E-state index contributed by atoms with van der Waals surface area (Å²) in [5.74, 6) is -0.807. The minimum atomic E-state index is -0.807. The highest BCUT2D eigenvalue weighted by Gasteiger charge is 2.17. The summed E-state index contributed by atoms with van der Waals surface area (Å²) in [4.78, 5) is 23.4. The molecular weight excluding hydrogens is 339 g/mol. The predicted molar refractivity (Wildman–Crippen MR) is 80.8 cm³/mol. The van der Waals surface area contributed by atoms with Crippen molar-refractivity contribution in [2.75, 3.05) is 6.61 Å². The second-order valence-electron chi connectivity index (χ2n) is 3.91. The van der Waals surface area contributed by atoms with E-state index in [1.165, 1.54) is 29.1 Å². The van der Waals surface area contributed by atoms with Crippen LogP contribution in [0.15, 0.2) is 29.2 Å². The van der Waals surface area contributed by atoms with E-state index >= 15 is 0 Å². The maximum Gasteiger partial charge on any atom is 0.362 e. The summed E-state index contributed by atoms with van der Waals surface area (Å²) < 4.78 is 6.01. The van der Waals surface area contributed by atoms with Gasteiger partial charge < -0.3 is 4.74 Å². The first-order valence-electron chi connectivity index (χ1n) is 5.86. The fourth-order valence-corrected chi connectivity index (χ4v) is 2.62. The molecule has 1 aromatic heterocycles. The Bertz CT molecular complexity index is 736. The van der Waals surface area contributed by atoms with E-state index in [0.29, 0.717) is 10.7 Å². The summed E-state index contributed by atoms with van der Waals surface area (Å²) in [6, 6.07) is 4.14. The standard InChI is InChI=1S/C13H9Cl3N2O3/c1-2-21-13(20)11-10(19)3-4-18(17-11)12-8(15)5-7(14)6-9(12)16/h3-6H,2H2,1H3. The van der Waals surface area contributed by atoms with Crippen LogP contribution in [-0.4, -0.2) is 22.4 Å². The molecule has 0 aliphatic heterocycles. The van der Waals surface area contributed by atoms with Gasteiger partial charge in [0.15, 0.2) is 0 Å². The number of carbonyl (C=O) groups is 1. The molecule has 21 heavy (non-hydrogen) atoms. The van der Waals surface area contributed by atoms with Crippen molar-refractivity contribution in [3.05, 3.63) is 55.4 Å². The molecule has 110 valence electrons. The number of aromatic nitrogens is 2. The zero-order chi connectivity index (χ0) is 15.6. The number of hydrogen-bond acceptors (Lipinski definition) is 4. The van der Waals surface area contributed by atoms with Crippen LogP contribution in [0.4, 0.5) is 0 Å². The Hall–Kier alpha value is -1.56. The van der Waals surface area contributed by atoms with Gasteiger partial charge >= 0.3 is 5.97 Å². The quantitative estimate of drug-likeness (QED) is 0.799. The van der Waals surface area contributed by atoms with Crippen LogP contribution in [0, 0.1) is 0 Å². The van der Waals surface area contributed by atoms with Crippen LogP contribution >= 0.6 is 34.8 Å². The summed E-state index contributed by atoms with van der Waals surface area (Å²) in [6.07, 6.45) is 1.35. The molecule has 0 atom stereocenters. The third-order valence-electron chi connectivity index (χ3n) is 2.49. The Morgan fingerprint density at radius 2 is 1.90 bits per heavy atom. The molecule has 0 fully saturated rings. The van der Waals surface area contributed by atoms with Gasteiger partial charge in [0.05, 0.1) is 16.7 Å². The van der Waals surface area contributed by atoms with Gasteiger partial charge in [0.2, 0.25) is 11.1 Å². The molecule has 0 aliphatic rings. The third-order valence-corrected chi connectivity index (χ3v) is 3.28. The van der Waals surface area contributed by atoms with Crippen LogP contribution in [-0.2, 0) is 4.74 Å². The Labute approximate surface area is 135 Å². The fraction of sp³-hybridized carbons (Fsp3) is 0.154. The second kappa shape index (κ2) is 6.47. The normalized spacial score (nSPS) is 10.5. The van der Waals surface area contributed by atoms with Crippen molar-refractivity contribution in [2.45, 2.75) is 6.92 Å². The fourth-order valence-electron chi connectivity index (χ4n) is 1.63. The highest BCUT2D eigenvalue weighted by atomic mass is 35.5. The highest BCUT2D eigenvalue weighted by Crippen LogP contribution is 2.31. The number of esters is 1. The number of ether oxygens (including phenoxy) is 1. The van der Waals surface area contributed by atoms with Crippen molar-refractivity contribution in [1.29, 1.82) is 0 Å². The van der Waals surface area contributed by atoms with E-state index in [0.717, 1.165) is 0 Å². The minimum absolute atomic E-state index is 0.136. The smallest absolute Gasteiger partial charge is 0.362 e. The van der Waals surface area contributed by atoms with E-state index in [2.05, 4.69) is 5.10 Å². The molecule has 5 nitrogen and oxygen atoms in total.